The third-order valence-electron chi connectivity index (χ3n) is 2.98. The molecule has 0 bridgehead atoms. The van der Waals surface area contributed by atoms with Crippen molar-refractivity contribution < 1.29 is 9.18 Å². The van der Waals surface area contributed by atoms with Crippen LogP contribution >= 0.6 is 0 Å². The maximum absolute atomic E-state index is 14.0. The molecular formula is C14H13FN2O2. The van der Waals surface area contributed by atoms with Gasteiger partial charge < -0.3 is 10.3 Å². The van der Waals surface area contributed by atoms with E-state index in [9.17, 15) is 14.0 Å². The SMILES string of the molecule is Cc1cc(F)c(-c2ccc(=O)n(C)c2)cc1C(N)=O. The molecule has 2 aromatic rings. The summed E-state index contributed by atoms with van der Waals surface area (Å²) in [6.45, 7) is 1.62. The second-order valence-electron chi connectivity index (χ2n) is 4.38. The lowest BCUT2D eigenvalue weighted by Gasteiger charge is -2.09. The Bertz CT molecular complexity index is 720. The van der Waals surface area contributed by atoms with Gasteiger partial charge >= 0.3 is 0 Å². The molecule has 2 N–H and O–H groups in total. The Morgan fingerprint density at radius 2 is 2.00 bits per heavy atom. The first kappa shape index (κ1) is 13.0. The first-order chi connectivity index (χ1) is 8.90. The van der Waals surface area contributed by atoms with Gasteiger partial charge in [0, 0.05) is 36.0 Å². The summed E-state index contributed by atoms with van der Waals surface area (Å²) in [6, 6.07) is 5.53. The number of halogens is 1. The summed E-state index contributed by atoms with van der Waals surface area (Å²) < 4.78 is 15.3. The van der Waals surface area contributed by atoms with Gasteiger partial charge in [-0.1, -0.05) is 0 Å². The van der Waals surface area contributed by atoms with Crippen molar-refractivity contribution >= 4 is 5.91 Å². The fourth-order valence-corrected chi connectivity index (χ4v) is 1.91. The van der Waals surface area contributed by atoms with Crippen molar-refractivity contribution in [2.24, 2.45) is 12.8 Å². The number of primary amides is 1. The highest BCUT2D eigenvalue weighted by Gasteiger charge is 2.13. The van der Waals surface area contributed by atoms with Gasteiger partial charge in [-0.25, -0.2) is 4.39 Å². The van der Waals surface area contributed by atoms with Crippen LogP contribution < -0.4 is 11.3 Å². The van der Waals surface area contributed by atoms with Gasteiger partial charge in [0.1, 0.15) is 5.82 Å². The monoisotopic (exact) mass is 260 g/mol. The molecule has 1 heterocycles. The van der Waals surface area contributed by atoms with Crippen LogP contribution in [0.2, 0.25) is 0 Å². The summed E-state index contributed by atoms with van der Waals surface area (Å²) in [5.74, 6) is -1.07. The highest BCUT2D eigenvalue weighted by molar-refractivity contribution is 5.95. The Morgan fingerprint density at radius 1 is 1.32 bits per heavy atom. The van der Waals surface area contributed by atoms with Gasteiger partial charge in [-0.05, 0) is 30.7 Å². The Morgan fingerprint density at radius 3 is 2.58 bits per heavy atom. The van der Waals surface area contributed by atoms with Crippen LogP contribution in [-0.4, -0.2) is 10.5 Å². The van der Waals surface area contributed by atoms with Crippen LogP contribution in [0.3, 0.4) is 0 Å². The number of nitrogens with zero attached hydrogens (tertiary/aromatic N) is 1. The molecular weight excluding hydrogens is 247 g/mol. The number of benzene rings is 1. The van der Waals surface area contributed by atoms with E-state index in [-0.39, 0.29) is 16.7 Å². The Labute approximate surface area is 109 Å². The number of amides is 1. The maximum atomic E-state index is 14.0. The molecule has 19 heavy (non-hydrogen) atoms. The molecule has 0 aliphatic carbocycles. The molecule has 1 amide bonds. The normalized spacial score (nSPS) is 10.5. The van der Waals surface area contributed by atoms with E-state index >= 15 is 0 Å². The average Bonchev–Trinajstić information content (AvgIpc) is 2.32. The number of pyridine rings is 1. The van der Waals surface area contributed by atoms with Crippen LogP contribution in [0.4, 0.5) is 4.39 Å². The zero-order valence-electron chi connectivity index (χ0n) is 10.6. The van der Waals surface area contributed by atoms with Crippen LogP contribution in [0.15, 0.2) is 35.3 Å². The number of aromatic nitrogens is 1. The summed E-state index contributed by atoms with van der Waals surface area (Å²) in [4.78, 5) is 22.6. The minimum Gasteiger partial charge on any atom is -0.366 e. The Hall–Kier alpha value is -2.43. The van der Waals surface area contributed by atoms with Gasteiger partial charge in [-0.2, -0.15) is 0 Å². The lowest BCUT2D eigenvalue weighted by Crippen LogP contribution is -2.15. The van der Waals surface area contributed by atoms with Crippen molar-refractivity contribution in [3.63, 3.8) is 0 Å². The zero-order chi connectivity index (χ0) is 14.2. The molecule has 0 aliphatic heterocycles. The van der Waals surface area contributed by atoms with Crippen molar-refractivity contribution in [3.05, 3.63) is 57.8 Å². The molecule has 0 atom stereocenters. The van der Waals surface area contributed by atoms with E-state index in [0.717, 1.165) is 0 Å². The molecule has 1 aromatic carbocycles. The van der Waals surface area contributed by atoms with E-state index in [1.54, 1.807) is 14.0 Å². The van der Waals surface area contributed by atoms with Gasteiger partial charge in [-0.3, -0.25) is 9.59 Å². The molecule has 0 unspecified atom stereocenters. The predicted molar refractivity (Wildman–Crippen MR) is 70.3 cm³/mol. The van der Waals surface area contributed by atoms with E-state index in [4.69, 9.17) is 5.73 Å². The van der Waals surface area contributed by atoms with Gasteiger partial charge in [0.05, 0.1) is 0 Å². The number of aryl methyl sites for hydroxylation is 2. The van der Waals surface area contributed by atoms with Crippen LogP contribution in [0.25, 0.3) is 11.1 Å². The first-order valence-corrected chi connectivity index (χ1v) is 5.67. The third-order valence-corrected chi connectivity index (χ3v) is 2.98. The lowest BCUT2D eigenvalue weighted by molar-refractivity contribution is 0.0999. The van der Waals surface area contributed by atoms with Crippen molar-refractivity contribution in [1.82, 2.24) is 4.57 Å². The molecule has 0 saturated heterocycles. The van der Waals surface area contributed by atoms with E-state index in [1.807, 2.05) is 0 Å². The van der Waals surface area contributed by atoms with Gasteiger partial charge in [-0.15, -0.1) is 0 Å². The van der Waals surface area contributed by atoms with Crippen LogP contribution in [-0.2, 0) is 7.05 Å². The van der Waals surface area contributed by atoms with Crippen LogP contribution in [0.1, 0.15) is 15.9 Å². The number of hydrogen-bond donors (Lipinski definition) is 1. The van der Waals surface area contributed by atoms with Crippen LogP contribution in [0.5, 0.6) is 0 Å². The number of carbonyl (C=O) groups excluding carboxylic acids is 1. The van der Waals surface area contributed by atoms with Gasteiger partial charge in [0.25, 0.3) is 0 Å². The third kappa shape index (κ3) is 2.40. The largest absolute Gasteiger partial charge is 0.366 e. The second-order valence-corrected chi connectivity index (χ2v) is 4.38. The minimum atomic E-state index is -0.608. The maximum Gasteiger partial charge on any atom is 0.250 e. The van der Waals surface area contributed by atoms with Crippen molar-refractivity contribution in [2.45, 2.75) is 6.92 Å². The summed E-state index contributed by atoms with van der Waals surface area (Å²) in [5, 5.41) is 0. The molecule has 0 aliphatic rings. The van der Waals surface area contributed by atoms with E-state index in [2.05, 4.69) is 0 Å². The molecule has 2 rings (SSSR count). The van der Waals surface area contributed by atoms with Crippen molar-refractivity contribution in [2.75, 3.05) is 0 Å². The second kappa shape index (κ2) is 4.68. The molecule has 0 radical (unpaired) electrons. The fraction of sp³-hybridized carbons (Fsp3) is 0.143. The first-order valence-electron chi connectivity index (χ1n) is 5.67. The topological polar surface area (TPSA) is 65.1 Å². The fourth-order valence-electron chi connectivity index (χ4n) is 1.91. The number of hydrogen-bond acceptors (Lipinski definition) is 2. The Kier molecular flexibility index (Phi) is 3.21. The highest BCUT2D eigenvalue weighted by atomic mass is 19.1. The molecule has 98 valence electrons. The van der Waals surface area contributed by atoms with Gasteiger partial charge in [0.15, 0.2) is 0 Å². The molecule has 0 fully saturated rings. The molecule has 4 nitrogen and oxygen atoms in total. The summed E-state index contributed by atoms with van der Waals surface area (Å²) >= 11 is 0. The van der Waals surface area contributed by atoms with Crippen LogP contribution in [0, 0.1) is 12.7 Å². The summed E-state index contributed by atoms with van der Waals surface area (Å²) in [7, 11) is 1.58. The summed E-state index contributed by atoms with van der Waals surface area (Å²) in [6.07, 6.45) is 1.51. The quantitative estimate of drug-likeness (QED) is 0.891. The molecule has 0 saturated carbocycles. The minimum absolute atomic E-state index is 0.189. The van der Waals surface area contributed by atoms with E-state index < -0.39 is 11.7 Å². The number of rotatable bonds is 2. The smallest absolute Gasteiger partial charge is 0.250 e. The standard InChI is InChI=1S/C14H13FN2O2/c1-8-5-12(15)11(6-10(8)14(16)19)9-3-4-13(18)17(2)7-9/h3-7H,1-2H3,(H2,16,19). The molecule has 0 spiro atoms. The number of nitrogens with two attached hydrogens (primary N) is 1. The average molecular weight is 260 g/mol. The molecule has 5 heteroatoms. The zero-order valence-corrected chi connectivity index (χ0v) is 10.6. The highest BCUT2D eigenvalue weighted by Crippen LogP contribution is 2.25. The van der Waals surface area contributed by atoms with Gasteiger partial charge in [0.2, 0.25) is 11.5 Å². The van der Waals surface area contributed by atoms with Crippen molar-refractivity contribution in [1.29, 1.82) is 0 Å². The lowest BCUT2D eigenvalue weighted by atomic mass is 9.99. The van der Waals surface area contributed by atoms with E-state index in [0.29, 0.717) is 11.1 Å². The van der Waals surface area contributed by atoms with Crippen molar-refractivity contribution in [3.8, 4) is 11.1 Å². The molecule has 1 aromatic heterocycles. The summed E-state index contributed by atoms with van der Waals surface area (Å²) in [5.41, 5.74) is 6.58. The Balaban J connectivity index is 2.67. The predicted octanol–water partition coefficient (Wildman–Crippen LogP) is 1.60. The number of carbonyl (C=O) groups is 1. The van der Waals surface area contributed by atoms with E-state index in [1.165, 1.54) is 35.0 Å².